The van der Waals surface area contributed by atoms with Crippen molar-refractivity contribution < 1.29 is 23.8 Å². The van der Waals surface area contributed by atoms with Gasteiger partial charge in [0.05, 0.1) is 6.61 Å². The van der Waals surface area contributed by atoms with E-state index in [1.54, 1.807) is 0 Å². The van der Waals surface area contributed by atoms with Gasteiger partial charge in [0, 0.05) is 19.4 Å². The number of rotatable bonds is 47. The lowest BCUT2D eigenvalue weighted by molar-refractivity contribution is -0.163. The van der Waals surface area contributed by atoms with Gasteiger partial charge in [-0.05, 0) is 128 Å². The van der Waals surface area contributed by atoms with Crippen LogP contribution in [0.3, 0.4) is 0 Å². The molecular formula is C61H98O5. The van der Waals surface area contributed by atoms with Crippen molar-refractivity contribution in [1.82, 2.24) is 0 Å². The Morgan fingerprint density at radius 3 is 1.05 bits per heavy atom. The van der Waals surface area contributed by atoms with E-state index in [4.69, 9.17) is 14.2 Å². The Morgan fingerprint density at radius 1 is 0.333 bits per heavy atom. The highest BCUT2D eigenvalue weighted by Crippen LogP contribution is 2.12. The molecule has 0 amide bonds. The van der Waals surface area contributed by atoms with Gasteiger partial charge in [0.1, 0.15) is 6.61 Å². The maximum Gasteiger partial charge on any atom is 0.306 e. The zero-order valence-corrected chi connectivity index (χ0v) is 42.7. The van der Waals surface area contributed by atoms with Gasteiger partial charge in [0.2, 0.25) is 0 Å². The molecule has 0 bridgehead atoms. The first kappa shape index (κ1) is 62.0. The lowest BCUT2D eigenvalue weighted by Crippen LogP contribution is -2.30. The topological polar surface area (TPSA) is 61.8 Å². The predicted octanol–water partition coefficient (Wildman–Crippen LogP) is 18.3. The van der Waals surface area contributed by atoms with Gasteiger partial charge >= 0.3 is 11.9 Å². The van der Waals surface area contributed by atoms with Crippen molar-refractivity contribution in [1.29, 1.82) is 0 Å². The molecule has 0 spiro atoms. The predicted molar refractivity (Wildman–Crippen MR) is 288 cm³/mol. The van der Waals surface area contributed by atoms with Crippen molar-refractivity contribution in [3.63, 3.8) is 0 Å². The molecule has 0 fully saturated rings. The van der Waals surface area contributed by atoms with Gasteiger partial charge in [-0.2, -0.15) is 0 Å². The fourth-order valence-electron chi connectivity index (χ4n) is 6.80. The first-order chi connectivity index (χ1) is 32.6. The number of hydrogen-bond acceptors (Lipinski definition) is 5. The summed E-state index contributed by atoms with van der Waals surface area (Å²) in [6.45, 7) is 7.39. The van der Waals surface area contributed by atoms with Gasteiger partial charge in [0.15, 0.2) is 6.10 Å². The van der Waals surface area contributed by atoms with E-state index in [2.05, 4.69) is 154 Å². The SMILES string of the molecule is CC/C=C\C/C=C\C/C=C\C/C=C\CCCCCCCCCOCC(COC(=O)CCCC/C=C\C/C=C\C/C=C\C/C=C\CC)OC(=O)CCCCCCC/C=C\C/C=C\C/C=C\CC. The molecule has 0 N–H and O–H groups in total. The van der Waals surface area contributed by atoms with Gasteiger partial charge in [-0.1, -0.05) is 206 Å². The van der Waals surface area contributed by atoms with E-state index in [0.717, 1.165) is 135 Å². The lowest BCUT2D eigenvalue weighted by atomic mass is 10.1. The molecule has 0 aliphatic carbocycles. The van der Waals surface area contributed by atoms with Crippen LogP contribution in [0.15, 0.2) is 134 Å². The van der Waals surface area contributed by atoms with Crippen LogP contribution in [0, 0.1) is 0 Å². The number of ether oxygens (including phenoxy) is 3. The van der Waals surface area contributed by atoms with Gasteiger partial charge < -0.3 is 14.2 Å². The average Bonchev–Trinajstić information content (AvgIpc) is 3.32. The summed E-state index contributed by atoms with van der Waals surface area (Å²) in [5, 5.41) is 0. The number of hydrogen-bond donors (Lipinski definition) is 0. The highest BCUT2D eigenvalue weighted by Gasteiger charge is 2.17. The Bertz CT molecular complexity index is 1400. The quantitative estimate of drug-likeness (QED) is 0.0346. The largest absolute Gasteiger partial charge is 0.462 e. The Hall–Kier alpha value is -3.96. The second kappa shape index (κ2) is 55.4. The third kappa shape index (κ3) is 52.7. The van der Waals surface area contributed by atoms with E-state index in [1.165, 1.54) is 44.9 Å². The van der Waals surface area contributed by atoms with Crippen LogP contribution >= 0.6 is 0 Å². The van der Waals surface area contributed by atoms with Crippen molar-refractivity contribution in [2.75, 3.05) is 19.8 Å². The third-order valence-corrected chi connectivity index (χ3v) is 10.7. The number of carbonyl (C=O) groups excluding carboxylic acids is 2. The van der Waals surface area contributed by atoms with E-state index < -0.39 is 6.10 Å². The zero-order chi connectivity index (χ0) is 47.7. The monoisotopic (exact) mass is 911 g/mol. The minimum absolute atomic E-state index is 0.0432. The van der Waals surface area contributed by atoms with Crippen molar-refractivity contribution in [3.05, 3.63) is 134 Å². The van der Waals surface area contributed by atoms with E-state index >= 15 is 0 Å². The molecule has 66 heavy (non-hydrogen) atoms. The molecule has 0 saturated heterocycles. The molecule has 0 radical (unpaired) electrons. The molecular weight excluding hydrogens is 813 g/mol. The van der Waals surface area contributed by atoms with E-state index in [0.29, 0.717) is 19.4 Å². The first-order valence-corrected chi connectivity index (χ1v) is 26.7. The van der Waals surface area contributed by atoms with Crippen LogP contribution in [0.25, 0.3) is 0 Å². The van der Waals surface area contributed by atoms with Crippen LogP contribution in [0.1, 0.15) is 213 Å². The molecule has 0 rings (SSSR count). The summed E-state index contributed by atoms with van der Waals surface area (Å²) in [4.78, 5) is 25.4. The minimum atomic E-state index is -0.578. The van der Waals surface area contributed by atoms with Crippen molar-refractivity contribution in [2.45, 2.75) is 219 Å². The molecule has 1 atom stereocenters. The fraction of sp³-hybridized carbons (Fsp3) is 0.607. The average molecular weight is 911 g/mol. The molecule has 0 aromatic rings. The zero-order valence-electron chi connectivity index (χ0n) is 42.7. The van der Waals surface area contributed by atoms with Crippen LogP contribution in [0.4, 0.5) is 0 Å². The second-order valence-electron chi connectivity index (χ2n) is 17.0. The van der Waals surface area contributed by atoms with Gasteiger partial charge in [-0.3, -0.25) is 9.59 Å². The Balaban J connectivity index is 4.40. The summed E-state index contributed by atoms with van der Waals surface area (Å²) in [6.07, 6.45) is 79.0. The molecule has 1 unspecified atom stereocenters. The van der Waals surface area contributed by atoms with Crippen LogP contribution in [0.5, 0.6) is 0 Å². The normalized spacial score (nSPS) is 13.3. The van der Waals surface area contributed by atoms with Gasteiger partial charge in [-0.15, -0.1) is 0 Å². The summed E-state index contributed by atoms with van der Waals surface area (Å²) in [5.74, 6) is -0.480. The van der Waals surface area contributed by atoms with Gasteiger partial charge in [0.25, 0.3) is 0 Å². The molecule has 0 aromatic heterocycles. The summed E-state index contributed by atoms with van der Waals surface area (Å²) in [7, 11) is 0. The number of esters is 2. The maximum atomic E-state index is 12.8. The van der Waals surface area contributed by atoms with E-state index in [9.17, 15) is 9.59 Å². The molecule has 5 nitrogen and oxygen atoms in total. The summed E-state index contributed by atoms with van der Waals surface area (Å²) < 4.78 is 17.4. The number of unbranched alkanes of at least 4 members (excludes halogenated alkanes) is 14. The van der Waals surface area contributed by atoms with Crippen molar-refractivity contribution in [2.24, 2.45) is 0 Å². The smallest absolute Gasteiger partial charge is 0.306 e. The molecule has 372 valence electrons. The second-order valence-corrected chi connectivity index (χ2v) is 17.0. The molecule has 0 heterocycles. The summed E-state index contributed by atoms with van der Waals surface area (Å²) >= 11 is 0. The molecule has 0 aliphatic heterocycles. The Morgan fingerprint density at radius 2 is 0.636 bits per heavy atom. The maximum absolute atomic E-state index is 12.8. The standard InChI is InChI=1S/C61H98O5/c1-4-7-10-13-16-19-22-25-28-29-30-31-32-35-38-41-44-47-50-53-56-64-57-59(66-61(63)55-52-49-46-43-40-37-34-27-24-21-18-15-12-9-6-3)58-65-60(62)54-51-48-45-42-39-36-33-26-23-20-17-14-11-8-5-2/h7-12,16-21,25-28,30-31,33-34,39,42,59H,4-6,13-15,22-24,29,32,35-38,40-41,43-58H2,1-3H3/b10-7-,11-8-,12-9-,19-16-,20-17-,21-18-,28-25-,31-30-,33-26-,34-27-,42-39-. The van der Waals surface area contributed by atoms with Crippen LogP contribution < -0.4 is 0 Å². The summed E-state index contributed by atoms with van der Waals surface area (Å²) in [5.41, 5.74) is 0. The minimum Gasteiger partial charge on any atom is -0.462 e. The molecule has 0 aromatic carbocycles. The highest BCUT2D eigenvalue weighted by atomic mass is 16.6. The molecule has 5 heteroatoms. The van der Waals surface area contributed by atoms with E-state index in [1.807, 2.05) is 0 Å². The van der Waals surface area contributed by atoms with Crippen molar-refractivity contribution >= 4 is 11.9 Å². The van der Waals surface area contributed by atoms with E-state index in [-0.39, 0.29) is 25.2 Å². The van der Waals surface area contributed by atoms with Crippen LogP contribution in [-0.4, -0.2) is 37.9 Å². The number of allylic oxidation sites excluding steroid dienone is 22. The molecule has 0 aliphatic rings. The van der Waals surface area contributed by atoms with Crippen LogP contribution in [-0.2, 0) is 23.8 Å². The molecule has 0 saturated carbocycles. The fourth-order valence-corrected chi connectivity index (χ4v) is 6.80. The highest BCUT2D eigenvalue weighted by molar-refractivity contribution is 5.70. The third-order valence-electron chi connectivity index (χ3n) is 10.7. The Kier molecular flexibility index (Phi) is 52.0. The van der Waals surface area contributed by atoms with Crippen LogP contribution in [0.2, 0.25) is 0 Å². The first-order valence-electron chi connectivity index (χ1n) is 26.7. The number of carbonyl (C=O) groups is 2. The summed E-state index contributed by atoms with van der Waals surface area (Å²) in [6, 6.07) is 0. The lowest BCUT2D eigenvalue weighted by Gasteiger charge is -2.18. The van der Waals surface area contributed by atoms with Crippen molar-refractivity contribution in [3.8, 4) is 0 Å². The van der Waals surface area contributed by atoms with Gasteiger partial charge in [-0.25, -0.2) is 0 Å². The Labute approximate surface area is 407 Å².